The van der Waals surface area contributed by atoms with E-state index in [1.807, 2.05) is 33.7 Å². The van der Waals surface area contributed by atoms with Crippen LogP contribution in [0.3, 0.4) is 0 Å². The Hall–Kier alpha value is -2.91. The van der Waals surface area contributed by atoms with Crippen molar-refractivity contribution in [1.82, 2.24) is 14.0 Å². The molecule has 3 atom stereocenters. The molecule has 0 radical (unpaired) electrons. The molecule has 0 aliphatic carbocycles. The van der Waals surface area contributed by atoms with Crippen molar-refractivity contribution in [2.45, 2.75) is 31.5 Å². The minimum absolute atomic E-state index is 0.0113. The molecule has 3 aromatic rings. The van der Waals surface area contributed by atoms with Crippen LogP contribution in [-0.2, 0) is 22.7 Å². The summed E-state index contributed by atoms with van der Waals surface area (Å²) in [6.07, 6.45) is 2.59. The van der Waals surface area contributed by atoms with E-state index in [1.54, 1.807) is 22.9 Å². The SMILES string of the molecule is O=C(O)Cn1cc(C(C(=O)O)N2C[C@@H]3C[C@H](C2)c2cccc(=O)n2C3)c2ccc(Br)cc21. The van der Waals surface area contributed by atoms with E-state index in [9.17, 15) is 24.6 Å². The van der Waals surface area contributed by atoms with Gasteiger partial charge < -0.3 is 19.3 Å². The number of hydrogen-bond donors (Lipinski definition) is 2. The first kappa shape index (κ1) is 21.0. The van der Waals surface area contributed by atoms with Crippen molar-refractivity contribution in [2.75, 3.05) is 13.1 Å². The molecule has 2 bridgehead atoms. The highest BCUT2D eigenvalue weighted by Gasteiger charge is 2.40. The number of fused-ring (bicyclic) bond motifs is 5. The number of rotatable bonds is 5. The fourth-order valence-corrected chi connectivity index (χ4v) is 5.77. The number of carbonyl (C=O) groups is 2. The molecule has 32 heavy (non-hydrogen) atoms. The van der Waals surface area contributed by atoms with Crippen LogP contribution in [0.25, 0.3) is 10.9 Å². The Bertz CT molecular complexity index is 1300. The third-order valence-corrected chi connectivity index (χ3v) is 7.08. The highest BCUT2D eigenvalue weighted by molar-refractivity contribution is 9.10. The van der Waals surface area contributed by atoms with Crippen molar-refractivity contribution in [3.63, 3.8) is 0 Å². The lowest BCUT2D eigenvalue weighted by Gasteiger charge is -2.44. The first-order valence-electron chi connectivity index (χ1n) is 10.5. The largest absolute Gasteiger partial charge is 0.480 e. The second-order valence-electron chi connectivity index (χ2n) is 8.66. The van der Waals surface area contributed by atoms with Crippen molar-refractivity contribution in [3.05, 3.63) is 68.7 Å². The number of carboxylic acids is 2. The summed E-state index contributed by atoms with van der Waals surface area (Å²) >= 11 is 3.42. The van der Waals surface area contributed by atoms with Gasteiger partial charge in [0.2, 0.25) is 0 Å². The van der Waals surface area contributed by atoms with Gasteiger partial charge in [0, 0.05) is 58.9 Å². The van der Waals surface area contributed by atoms with Crippen molar-refractivity contribution in [2.24, 2.45) is 5.92 Å². The highest BCUT2D eigenvalue weighted by Crippen LogP contribution is 2.40. The molecular weight excluding hydrogens is 478 g/mol. The summed E-state index contributed by atoms with van der Waals surface area (Å²) < 4.78 is 4.21. The predicted octanol–water partition coefficient (Wildman–Crippen LogP) is 2.90. The van der Waals surface area contributed by atoms with Gasteiger partial charge in [0.25, 0.3) is 5.56 Å². The molecule has 4 heterocycles. The van der Waals surface area contributed by atoms with Gasteiger partial charge in [0.15, 0.2) is 0 Å². The number of likely N-dealkylation sites (tertiary alicyclic amines) is 1. The Kier molecular flexibility index (Phi) is 5.17. The van der Waals surface area contributed by atoms with Crippen molar-refractivity contribution >= 4 is 38.8 Å². The van der Waals surface area contributed by atoms with Gasteiger partial charge in [-0.3, -0.25) is 19.3 Å². The molecule has 2 N–H and O–H groups in total. The fraction of sp³-hybridized carbons (Fsp3) is 0.348. The topological polar surface area (TPSA) is 105 Å². The van der Waals surface area contributed by atoms with Gasteiger partial charge in [0.1, 0.15) is 12.6 Å². The molecule has 1 saturated heterocycles. The van der Waals surface area contributed by atoms with E-state index in [0.717, 1.165) is 22.0 Å². The molecule has 166 valence electrons. The van der Waals surface area contributed by atoms with Crippen LogP contribution in [0.5, 0.6) is 0 Å². The number of hydrogen-bond acceptors (Lipinski definition) is 4. The first-order chi connectivity index (χ1) is 15.3. The lowest BCUT2D eigenvalue weighted by molar-refractivity contribution is -0.144. The summed E-state index contributed by atoms with van der Waals surface area (Å²) in [6.45, 7) is 1.43. The molecule has 0 spiro atoms. The van der Waals surface area contributed by atoms with E-state index in [-0.39, 0.29) is 23.9 Å². The summed E-state index contributed by atoms with van der Waals surface area (Å²) in [4.78, 5) is 38.2. The average Bonchev–Trinajstić information content (AvgIpc) is 3.05. The van der Waals surface area contributed by atoms with Crippen LogP contribution in [0.15, 0.2) is 51.9 Å². The maximum absolute atomic E-state index is 12.5. The molecule has 0 amide bonds. The van der Waals surface area contributed by atoms with Crippen LogP contribution in [0.1, 0.15) is 29.6 Å². The molecule has 8 nitrogen and oxygen atoms in total. The number of piperidine rings is 1. The van der Waals surface area contributed by atoms with Gasteiger partial charge in [-0.1, -0.05) is 28.1 Å². The summed E-state index contributed by atoms with van der Waals surface area (Å²) in [5, 5.41) is 20.3. The van der Waals surface area contributed by atoms with Gasteiger partial charge in [-0.2, -0.15) is 0 Å². The third-order valence-electron chi connectivity index (χ3n) is 6.58. The first-order valence-corrected chi connectivity index (χ1v) is 11.3. The standard InChI is InChI=1S/C23H22BrN3O5/c24-15-4-5-16-17(11-25(12-21(29)30)19(16)7-15)22(23(31)32)26-8-13-6-14(10-26)18-2-1-3-20(28)27(18)9-13/h1-5,7,11,13-14,22H,6,8-10,12H2,(H,29,30)(H,31,32)/t13-,14+,22?/m0/s1. The van der Waals surface area contributed by atoms with Gasteiger partial charge >= 0.3 is 11.9 Å². The number of nitrogens with zero attached hydrogens (tertiary/aromatic N) is 3. The molecule has 0 saturated carbocycles. The van der Waals surface area contributed by atoms with Crippen LogP contribution in [0.2, 0.25) is 0 Å². The summed E-state index contributed by atoms with van der Waals surface area (Å²) in [7, 11) is 0. The smallest absolute Gasteiger partial charge is 0.325 e. The number of aliphatic carboxylic acids is 2. The average molecular weight is 500 g/mol. The van der Waals surface area contributed by atoms with Crippen LogP contribution in [0, 0.1) is 5.92 Å². The summed E-state index contributed by atoms with van der Waals surface area (Å²) in [5.74, 6) is -1.69. The van der Waals surface area contributed by atoms with Crippen molar-refractivity contribution in [1.29, 1.82) is 0 Å². The fourth-order valence-electron chi connectivity index (χ4n) is 5.42. The van der Waals surface area contributed by atoms with Gasteiger partial charge in [-0.15, -0.1) is 0 Å². The molecule has 2 aliphatic heterocycles. The number of pyridine rings is 1. The molecular formula is C23H22BrN3O5. The minimum atomic E-state index is -0.991. The van der Waals surface area contributed by atoms with Crippen molar-refractivity contribution in [3.8, 4) is 0 Å². The van der Waals surface area contributed by atoms with Gasteiger partial charge in [-0.05, 0) is 30.5 Å². The molecule has 1 unspecified atom stereocenters. The van der Waals surface area contributed by atoms with E-state index in [4.69, 9.17) is 0 Å². The van der Waals surface area contributed by atoms with E-state index in [0.29, 0.717) is 30.7 Å². The second kappa shape index (κ2) is 7.90. The highest BCUT2D eigenvalue weighted by atomic mass is 79.9. The number of carboxylic acid groups (broad SMARTS) is 2. The number of aromatic nitrogens is 2. The predicted molar refractivity (Wildman–Crippen MR) is 121 cm³/mol. The van der Waals surface area contributed by atoms with Crippen molar-refractivity contribution < 1.29 is 19.8 Å². The normalized spacial score (nSPS) is 21.3. The van der Waals surface area contributed by atoms with E-state index in [1.165, 1.54) is 0 Å². The quantitative estimate of drug-likeness (QED) is 0.559. The number of halogens is 1. The Morgan fingerprint density at radius 3 is 2.69 bits per heavy atom. The van der Waals surface area contributed by atoms with Crippen LogP contribution in [-0.4, -0.2) is 49.3 Å². The molecule has 5 rings (SSSR count). The van der Waals surface area contributed by atoms with E-state index in [2.05, 4.69) is 15.9 Å². The van der Waals surface area contributed by atoms with E-state index < -0.39 is 18.0 Å². The zero-order valence-electron chi connectivity index (χ0n) is 17.1. The maximum atomic E-state index is 12.5. The lowest BCUT2D eigenvalue weighted by atomic mass is 9.82. The summed E-state index contributed by atoms with van der Waals surface area (Å²) in [5.41, 5.74) is 2.21. The molecule has 9 heteroatoms. The molecule has 1 aromatic carbocycles. The summed E-state index contributed by atoms with van der Waals surface area (Å²) in [6, 6.07) is 9.87. The van der Waals surface area contributed by atoms with Crippen LogP contribution < -0.4 is 5.56 Å². The van der Waals surface area contributed by atoms with Crippen LogP contribution >= 0.6 is 15.9 Å². The molecule has 2 aliphatic rings. The molecule has 2 aromatic heterocycles. The molecule has 1 fully saturated rings. The second-order valence-corrected chi connectivity index (χ2v) is 9.58. The lowest BCUT2D eigenvalue weighted by Crippen LogP contribution is -2.49. The van der Waals surface area contributed by atoms with Gasteiger partial charge in [-0.25, -0.2) is 0 Å². The Morgan fingerprint density at radius 1 is 1.12 bits per heavy atom. The van der Waals surface area contributed by atoms with E-state index >= 15 is 0 Å². The third kappa shape index (κ3) is 3.55. The number of benzene rings is 1. The Morgan fingerprint density at radius 2 is 1.94 bits per heavy atom. The zero-order chi connectivity index (χ0) is 22.6. The Balaban J connectivity index is 1.57. The maximum Gasteiger partial charge on any atom is 0.325 e. The minimum Gasteiger partial charge on any atom is -0.480 e. The zero-order valence-corrected chi connectivity index (χ0v) is 18.7. The Labute approximate surface area is 191 Å². The monoisotopic (exact) mass is 499 g/mol. The van der Waals surface area contributed by atoms with Gasteiger partial charge in [0.05, 0.1) is 5.52 Å². The van der Waals surface area contributed by atoms with Crippen LogP contribution in [0.4, 0.5) is 0 Å².